The second-order valence-electron chi connectivity index (χ2n) is 3.46. The van der Waals surface area contributed by atoms with Crippen LogP contribution in [0.15, 0.2) is 4.60 Å². The van der Waals surface area contributed by atoms with Crippen LogP contribution in [0.25, 0.3) is 0 Å². The molecule has 1 rings (SSSR count). The van der Waals surface area contributed by atoms with Crippen LogP contribution in [-0.2, 0) is 13.0 Å². The number of nitrogens with zero attached hydrogens (tertiary/aromatic N) is 3. The fourth-order valence-electron chi connectivity index (χ4n) is 1.39. The van der Waals surface area contributed by atoms with Crippen LogP contribution in [0.1, 0.15) is 45.2 Å². The van der Waals surface area contributed by atoms with Crippen molar-refractivity contribution in [1.29, 1.82) is 0 Å². The molecule has 0 N–H and O–H groups in total. The molecule has 4 heteroatoms. The van der Waals surface area contributed by atoms with Gasteiger partial charge < -0.3 is 0 Å². The quantitative estimate of drug-likeness (QED) is 0.735. The Morgan fingerprint density at radius 2 is 2.00 bits per heavy atom. The third kappa shape index (κ3) is 3.08. The average molecular weight is 260 g/mol. The molecule has 0 radical (unpaired) electrons. The largest absolute Gasteiger partial charge is 0.238 e. The normalized spacial score (nSPS) is 10.8. The summed E-state index contributed by atoms with van der Waals surface area (Å²) in [7, 11) is 0. The van der Waals surface area contributed by atoms with Crippen molar-refractivity contribution >= 4 is 15.9 Å². The van der Waals surface area contributed by atoms with E-state index in [-0.39, 0.29) is 0 Å². The van der Waals surface area contributed by atoms with Crippen LogP contribution in [-0.4, -0.2) is 15.0 Å². The first-order chi connectivity index (χ1) is 6.79. The van der Waals surface area contributed by atoms with E-state index >= 15 is 0 Å². The zero-order valence-electron chi connectivity index (χ0n) is 8.96. The topological polar surface area (TPSA) is 30.7 Å². The summed E-state index contributed by atoms with van der Waals surface area (Å²) in [5.74, 6) is 0. The van der Waals surface area contributed by atoms with Crippen molar-refractivity contribution < 1.29 is 0 Å². The first-order valence-electron chi connectivity index (χ1n) is 5.37. The lowest BCUT2D eigenvalue weighted by atomic mass is 10.2. The average Bonchev–Trinajstić information content (AvgIpc) is 2.55. The highest BCUT2D eigenvalue weighted by molar-refractivity contribution is 9.10. The van der Waals surface area contributed by atoms with Gasteiger partial charge >= 0.3 is 0 Å². The Morgan fingerprint density at radius 1 is 1.21 bits per heavy atom. The zero-order valence-corrected chi connectivity index (χ0v) is 10.5. The van der Waals surface area contributed by atoms with Gasteiger partial charge in [0.25, 0.3) is 0 Å². The molecule has 14 heavy (non-hydrogen) atoms. The van der Waals surface area contributed by atoms with E-state index in [0.29, 0.717) is 0 Å². The minimum absolute atomic E-state index is 0.940. The summed E-state index contributed by atoms with van der Waals surface area (Å²) in [5.41, 5.74) is 1.06. The minimum atomic E-state index is 0.940. The number of hydrogen-bond acceptors (Lipinski definition) is 2. The van der Waals surface area contributed by atoms with Gasteiger partial charge in [0.1, 0.15) is 4.60 Å². The molecule has 0 aromatic carbocycles. The van der Waals surface area contributed by atoms with Crippen LogP contribution in [0.4, 0.5) is 0 Å². The fourth-order valence-corrected chi connectivity index (χ4v) is 1.99. The highest BCUT2D eigenvalue weighted by Crippen LogP contribution is 2.15. The first-order valence-corrected chi connectivity index (χ1v) is 6.16. The van der Waals surface area contributed by atoms with E-state index in [2.05, 4.69) is 40.1 Å². The molecule has 80 valence electrons. The number of aryl methyl sites for hydroxylation is 2. The fraction of sp³-hybridized carbons (Fsp3) is 0.800. The minimum Gasteiger partial charge on any atom is -0.238 e. The van der Waals surface area contributed by atoms with Crippen molar-refractivity contribution in [2.24, 2.45) is 0 Å². The summed E-state index contributed by atoms with van der Waals surface area (Å²) in [6.07, 6.45) is 6.00. The summed E-state index contributed by atoms with van der Waals surface area (Å²) in [4.78, 5) is 0. The van der Waals surface area contributed by atoms with E-state index in [4.69, 9.17) is 0 Å². The Labute approximate surface area is 94.0 Å². The highest BCUT2D eigenvalue weighted by atomic mass is 79.9. The van der Waals surface area contributed by atoms with Crippen molar-refractivity contribution in [2.75, 3.05) is 0 Å². The molecular weight excluding hydrogens is 242 g/mol. The second kappa shape index (κ2) is 6.17. The Kier molecular flexibility index (Phi) is 5.15. The summed E-state index contributed by atoms with van der Waals surface area (Å²) in [6.45, 7) is 5.30. The Bertz CT molecular complexity index is 270. The molecule has 0 unspecified atom stereocenters. The van der Waals surface area contributed by atoms with E-state index in [0.717, 1.165) is 23.3 Å². The van der Waals surface area contributed by atoms with Gasteiger partial charge in [-0.3, -0.25) is 0 Å². The molecule has 1 aromatic rings. The molecule has 1 aromatic heterocycles. The number of unbranched alkanes of at least 4 members (excludes halogenated alkanes) is 3. The summed E-state index contributed by atoms with van der Waals surface area (Å²) in [5, 5.41) is 8.20. The molecule has 0 atom stereocenters. The van der Waals surface area contributed by atoms with Crippen molar-refractivity contribution in [3.8, 4) is 0 Å². The maximum absolute atomic E-state index is 4.10. The monoisotopic (exact) mass is 259 g/mol. The molecule has 0 spiro atoms. The summed E-state index contributed by atoms with van der Waals surface area (Å²) < 4.78 is 3.01. The van der Waals surface area contributed by atoms with Gasteiger partial charge in [-0.15, -0.1) is 5.10 Å². The van der Waals surface area contributed by atoms with Crippen LogP contribution >= 0.6 is 15.9 Å². The Hall–Kier alpha value is -0.380. The van der Waals surface area contributed by atoms with Gasteiger partial charge in [0.2, 0.25) is 0 Å². The molecule has 0 amide bonds. The highest BCUT2D eigenvalue weighted by Gasteiger charge is 2.06. The molecule has 0 fully saturated rings. The van der Waals surface area contributed by atoms with Crippen LogP contribution in [0.5, 0.6) is 0 Å². The predicted molar refractivity (Wildman–Crippen MR) is 61.2 cm³/mol. The number of hydrogen-bond donors (Lipinski definition) is 0. The van der Waals surface area contributed by atoms with Gasteiger partial charge in [-0.25, -0.2) is 4.68 Å². The summed E-state index contributed by atoms with van der Waals surface area (Å²) >= 11 is 3.52. The molecule has 1 heterocycles. The van der Waals surface area contributed by atoms with E-state index in [1.165, 1.54) is 25.7 Å². The van der Waals surface area contributed by atoms with Crippen molar-refractivity contribution in [3.63, 3.8) is 0 Å². The molecule has 0 bridgehead atoms. The number of rotatable bonds is 6. The van der Waals surface area contributed by atoms with E-state index in [1.54, 1.807) is 0 Å². The number of aromatic nitrogens is 3. The van der Waals surface area contributed by atoms with Crippen LogP contribution < -0.4 is 0 Å². The molecule has 3 nitrogen and oxygen atoms in total. The third-order valence-corrected chi connectivity index (χ3v) is 3.16. The van der Waals surface area contributed by atoms with Gasteiger partial charge in [-0.05, 0) is 28.8 Å². The van der Waals surface area contributed by atoms with Gasteiger partial charge in [0, 0.05) is 6.54 Å². The van der Waals surface area contributed by atoms with Crippen molar-refractivity contribution in [2.45, 2.75) is 52.5 Å². The predicted octanol–water partition coefficient (Wildman–Crippen LogP) is 3.18. The molecule has 0 saturated heterocycles. The van der Waals surface area contributed by atoms with Crippen LogP contribution in [0.3, 0.4) is 0 Å². The van der Waals surface area contributed by atoms with Gasteiger partial charge in [-0.1, -0.05) is 38.3 Å². The van der Waals surface area contributed by atoms with Gasteiger partial charge in [-0.2, -0.15) is 0 Å². The van der Waals surface area contributed by atoms with Gasteiger partial charge in [0.05, 0.1) is 5.69 Å². The van der Waals surface area contributed by atoms with E-state index in [1.807, 2.05) is 4.68 Å². The van der Waals surface area contributed by atoms with Crippen molar-refractivity contribution in [1.82, 2.24) is 15.0 Å². The standard InChI is InChI=1S/C10H18BrN3/c1-3-5-6-7-8-14-10(11)9(4-2)12-13-14/h3-8H2,1-2H3. The smallest absolute Gasteiger partial charge is 0.127 e. The Balaban J connectivity index is 2.39. The lowest BCUT2D eigenvalue weighted by molar-refractivity contribution is 0.520. The third-order valence-electron chi connectivity index (χ3n) is 2.30. The molecule has 0 aliphatic heterocycles. The lowest BCUT2D eigenvalue weighted by Gasteiger charge is -2.01. The van der Waals surface area contributed by atoms with Crippen LogP contribution in [0, 0.1) is 0 Å². The van der Waals surface area contributed by atoms with Gasteiger partial charge in [0.15, 0.2) is 0 Å². The maximum Gasteiger partial charge on any atom is 0.127 e. The summed E-state index contributed by atoms with van der Waals surface area (Å²) in [6, 6.07) is 0. The molecule has 0 aliphatic carbocycles. The molecule has 0 saturated carbocycles. The SMILES string of the molecule is CCCCCCn1nnc(CC)c1Br. The first kappa shape index (κ1) is 11.7. The lowest BCUT2D eigenvalue weighted by Crippen LogP contribution is -2.00. The van der Waals surface area contributed by atoms with Crippen LogP contribution in [0.2, 0.25) is 0 Å². The number of halogens is 1. The van der Waals surface area contributed by atoms with E-state index in [9.17, 15) is 0 Å². The van der Waals surface area contributed by atoms with Crippen molar-refractivity contribution in [3.05, 3.63) is 10.3 Å². The maximum atomic E-state index is 4.10. The second-order valence-corrected chi connectivity index (χ2v) is 4.22. The zero-order chi connectivity index (χ0) is 10.4. The Morgan fingerprint density at radius 3 is 2.57 bits per heavy atom. The molecular formula is C10H18BrN3. The molecule has 0 aliphatic rings. The van der Waals surface area contributed by atoms with E-state index < -0.39 is 0 Å².